The molecule has 3 N–H and O–H groups in total. The van der Waals surface area contributed by atoms with Gasteiger partial charge in [-0.05, 0) is 37.9 Å². The quantitative estimate of drug-likeness (QED) is 0.715. The third kappa shape index (κ3) is 5.03. The van der Waals surface area contributed by atoms with Crippen LogP contribution in [0, 0.1) is 0 Å². The van der Waals surface area contributed by atoms with Crippen molar-refractivity contribution >= 4 is 33.7 Å². The van der Waals surface area contributed by atoms with Crippen LogP contribution in [0.4, 0.5) is 5.13 Å². The van der Waals surface area contributed by atoms with Gasteiger partial charge in [-0.15, -0.1) is 22.7 Å². The van der Waals surface area contributed by atoms with Crippen LogP contribution in [0.15, 0.2) is 17.5 Å². The number of likely N-dealkylation sites (N-methyl/N-ethyl adjacent to an activating group) is 1. The lowest BCUT2D eigenvalue weighted by Gasteiger charge is -2.26. The van der Waals surface area contributed by atoms with Gasteiger partial charge in [0.2, 0.25) is 5.91 Å². The van der Waals surface area contributed by atoms with Gasteiger partial charge in [-0.3, -0.25) is 9.69 Å². The lowest BCUT2D eigenvalue weighted by atomic mass is 10.2. The smallest absolute Gasteiger partial charge is 0.220 e. The minimum atomic E-state index is 0.0816. The van der Waals surface area contributed by atoms with Gasteiger partial charge in [-0.25, -0.2) is 4.98 Å². The van der Waals surface area contributed by atoms with Crippen molar-refractivity contribution < 1.29 is 4.79 Å². The summed E-state index contributed by atoms with van der Waals surface area (Å²) in [5, 5.41) is 5.62. The van der Waals surface area contributed by atoms with Crippen LogP contribution >= 0.6 is 22.7 Å². The maximum atomic E-state index is 12.2. The number of aryl methyl sites for hydroxylation is 1. The molecule has 1 atom stereocenters. The lowest BCUT2D eigenvalue weighted by Crippen LogP contribution is -2.42. The number of thiazole rings is 1. The van der Waals surface area contributed by atoms with Crippen LogP contribution in [0.1, 0.15) is 32.1 Å². The summed E-state index contributed by atoms with van der Waals surface area (Å²) in [7, 11) is 0. The summed E-state index contributed by atoms with van der Waals surface area (Å²) in [5.41, 5.74) is 6.79. The first-order valence-corrected chi connectivity index (χ1v) is 10.0. The number of hydrogen-bond acceptors (Lipinski definition) is 6. The highest BCUT2D eigenvalue weighted by molar-refractivity contribution is 7.17. The number of carbonyl (C=O) groups is 1. The second-order valence-electron chi connectivity index (χ2n) is 5.68. The molecule has 0 fully saturated rings. The maximum Gasteiger partial charge on any atom is 0.220 e. The number of aromatic nitrogens is 1. The van der Waals surface area contributed by atoms with Crippen LogP contribution in [-0.2, 0) is 11.2 Å². The largest absolute Gasteiger partial charge is 0.375 e. The van der Waals surface area contributed by atoms with Crippen molar-refractivity contribution in [3.8, 4) is 10.6 Å². The van der Waals surface area contributed by atoms with E-state index in [4.69, 9.17) is 5.73 Å². The molecule has 132 valence electrons. The van der Waals surface area contributed by atoms with Crippen LogP contribution in [-0.4, -0.2) is 41.5 Å². The molecule has 2 heterocycles. The van der Waals surface area contributed by atoms with Crippen molar-refractivity contribution in [2.45, 2.75) is 39.7 Å². The second-order valence-corrected chi connectivity index (χ2v) is 7.74. The Hall–Kier alpha value is -1.44. The number of carbonyl (C=O) groups excluding carboxylic acids is 1. The minimum absolute atomic E-state index is 0.0816. The summed E-state index contributed by atoms with van der Waals surface area (Å²) in [6.07, 6.45) is 1.14. The molecule has 0 saturated carbocycles. The second kappa shape index (κ2) is 9.15. The van der Waals surface area contributed by atoms with Gasteiger partial charge in [0.05, 0.1) is 10.6 Å². The van der Waals surface area contributed by atoms with Crippen molar-refractivity contribution in [1.82, 2.24) is 15.2 Å². The standard InChI is InChI=1S/C17H26N4OS2/c1-4-21(5-2)12(3)11-19-15(22)9-8-14-16(20-17(18)24-14)13-7-6-10-23-13/h6-7,10,12H,4-5,8-9,11H2,1-3H3,(H2,18,20)(H,19,22). The van der Waals surface area contributed by atoms with Gasteiger partial charge in [0.15, 0.2) is 5.13 Å². The van der Waals surface area contributed by atoms with Crippen LogP contribution < -0.4 is 11.1 Å². The van der Waals surface area contributed by atoms with Gasteiger partial charge in [-0.2, -0.15) is 0 Å². The zero-order chi connectivity index (χ0) is 17.5. The predicted octanol–water partition coefficient (Wildman–Crippen LogP) is 3.23. The molecule has 2 rings (SSSR count). The summed E-state index contributed by atoms with van der Waals surface area (Å²) in [4.78, 5) is 21.1. The molecule has 0 aliphatic carbocycles. The zero-order valence-corrected chi connectivity index (χ0v) is 16.2. The SMILES string of the molecule is CCN(CC)C(C)CNC(=O)CCc1sc(N)nc1-c1cccs1. The Morgan fingerprint density at radius 2 is 2.17 bits per heavy atom. The van der Waals surface area contributed by atoms with Gasteiger partial charge in [0.25, 0.3) is 0 Å². The van der Waals surface area contributed by atoms with Crippen molar-refractivity contribution in [2.75, 3.05) is 25.4 Å². The molecule has 24 heavy (non-hydrogen) atoms. The van der Waals surface area contributed by atoms with E-state index in [2.05, 4.69) is 36.0 Å². The fraction of sp³-hybridized carbons (Fsp3) is 0.529. The number of nitrogens with two attached hydrogens (primary N) is 1. The van der Waals surface area contributed by atoms with E-state index in [1.807, 2.05) is 17.5 Å². The van der Waals surface area contributed by atoms with E-state index in [0.717, 1.165) is 28.5 Å². The monoisotopic (exact) mass is 366 g/mol. The van der Waals surface area contributed by atoms with Gasteiger partial charge < -0.3 is 11.1 Å². The summed E-state index contributed by atoms with van der Waals surface area (Å²) in [5.74, 6) is 0.0816. The molecule has 1 amide bonds. The molecular weight excluding hydrogens is 340 g/mol. The van der Waals surface area contributed by atoms with E-state index < -0.39 is 0 Å². The summed E-state index contributed by atoms with van der Waals surface area (Å²) in [6, 6.07) is 4.39. The highest BCUT2D eigenvalue weighted by atomic mass is 32.1. The molecule has 0 spiro atoms. The zero-order valence-electron chi connectivity index (χ0n) is 14.5. The third-order valence-corrected chi connectivity index (χ3v) is 5.90. The Labute approximate surface area is 151 Å². The Balaban J connectivity index is 1.86. The molecule has 7 heteroatoms. The number of nitrogen functional groups attached to an aromatic ring is 1. The van der Waals surface area contributed by atoms with E-state index in [-0.39, 0.29) is 5.91 Å². The molecule has 5 nitrogen and oxygen atoms in total. The number of thiophene rings is 1. The first-order chi connectivity index (χ1) is 11.5. The summed E-state index contributed by atoms with van der Waals surface area (Å²) < 4.78 is 0. The number of hydrogen-bond donors (Lipinski definition) is 2. The lowest BCUT2D eigenvalue weighted by molar-refractivity contribution is -0.121. The number of amides is 1. The van der Waals surface area contributed by atoms with Gasteiger partial charge >= 0.3 is 0 Å². The number of anilines is 1. The molecule has 2 aromatic rings. The Morgan fingerprint density at radius 1 is 1.42 bits per heavy atom. The Morgan fingerprint density at radius 3 is 2.79 bits per heavy atom. The molecular formula is C17H26N4OS2. The number of rotatable bonds is 9. The van der Waals surface area contributed by atoms with Crippen molar-refractivity contribution in [1.29, 1.82) is 0 Å². The fourth-order valence-corrected chi connectivity index (χ4v) is 4.35. The fourth-order valence-electron chi connectivity index (χ4n) is 2.70. The first kappa shape index (κ1) is 18.9. The first-order valence-electron chi connectivity index (χ1n) is 8.34. The molecule has 0 saturated heterocycles. The van der Waals surface area contributed by atoms with E-state index in [1.54, 1.807) is 11.3 Å². The Bertz CT molecular complexity index is 635. The Kier molecular flexibility index (Phi) is 7.20. The van der Waals surface area contributed by atoms with E-state index in [9.17, 15) is 4.79 Å². The van der Waals surface area contributed by atoms with Crippen molar-refractivity contribution in [3.05, 3.63) is 22.4 Å². The molecule has 2 aromatic heterocycles. The molecule has 1 unspecified atom stereocenters. The number of nitrogens with zero attached hydrogens (tertiary/aromatic N) is 2. The van der Waals surface area contributed by atoms with Crippen LogP contribution in [0.2, 0.25) is 0 Å². The molecule has 0 aliphatic rings. The van der Waals surface area contributed by atoms with Crippen LogP contribution in [0.25, 0.3) is 10.6 Å². The molecule has 0 aliphatic heterocycles. The third-order valence-electron chi connectivity index (χ3n) is 4.08. The average Bonchev–Trinajstić information content (AvgIpc) is 3.21. The minimum Gasteiger partial charge on any atom is -0.375 e. The van der Waals surface area contributed by atoms with Gasteiger partial charge in [0.1, 0.15) is 0 Å². The van der Waals surface area contributed by atoms with Gasteiger partial charge in [-0.1, -0.05) is 19.9 Å². The highest BCUT2D eigenvalue weighted by Gasteiger charge is 2.15. The summed E-state index contributed by atoms with van der Waals surface area (Å²) in [6.45, 7) is 9.11. The van der Waals surface area contributed by atoms with Crippen molar-refractivity contribution in [2.24, 2.45) is 0 Å². The van der Waals surface area contributed by atoms with E-state index in [1.165, 1.54) is 11.3 Å². The summed E-state index contributed by atoms with van der Waals surface area (Å²) >= 11 is 3.12. The molecule has 0 radical (unpaired) electrons. The van der Waals surface area contributed by atoms with Gasteiger partial charge in [0, 0.05) is 23.9 Å². The molecule has 0 bridgehead atoms. The molecule has 0 aromatic carbocycles. The highest BCUT2D eigenvalue weighted by Crippen LogP contribution is 2.33. The van der Waals surface area contributed by atoms with E-state index >= 15 is 0 Å². The number of nitrogens with one attached hydrogen (secondary N) is 1. The van der Waals surface area contributed by atoms with Crippen LogP contribution in [0.3, 0.4) is 0 Å². The predicted molar refractivity (Wildman–Crippen MR) is 104 cm³/mol. The topological polar surface area (TPSA) is 71.2 Å². The average molecular weight is 367 g/mol. The van der Waals surface area contributed by atoms with Crippen molar-refractivity contribution in [3.63, 3.8) is 0 Å². The van der Waals surface area contributed by atoms with E-state index in [0.29, 0.717) is 30.6 Å². The van der Waals surface area contributed by atoms with Crippen LogP contribution in [0.5, 0.6) is 0 Å². The maximum absolute atomic E-state index is 12.2. The normalized spacial score (nSPS) is 12.5.